The Morgan fingerprint density at radius 2 is 0.522 bits per heavy atom. The molecule has 0 fully saturated rings. The number of hydrogen-bond donors (Lipinski definition) is 5. The third-order valence-corrected chi connectivity index (χ3v) is 11.8. The molecule has 0 radical (unpaired) electrons. The molecule has 1 heterocycles. The first kappa shape index (κ1) is 83.5. The normalized spacial score (nSPS) is 12.3. The highest BCUT2D eigenvalue weighted by atomic mass is 16.6. The number of imide groups is 1. The number of ether oxygens (including phenoxy) is 19. The Morgan fingerprint density at radius 3 is 0.789 bits per heavy atom. The Morgan fingerprint density at radius 1 is 0.300 bits per heavy atom. The Hall–Kier alpha value is -4.53. The summed E-state index contributed by atoms with van der Waals surface area (Å²) < 4.78 is 106. The van der Waals surface area contributed by atoms with Crippen LogP contribution in [0.5, 0.6) is 0 Å². The van der Waals surface area contributed by atoms with Gasteiger partial charge in [0.2, 0.25) is 29.5 Å². The highest BCUT2D eigenvalue weighted by molar-refractivity contribution is 6.13. The minimum Gasteiger partial charge on any atom is -0.384 e. The monoisotopic (exact) mass is 1300 g/mol. The lowest BCUT2D eigenvalue weighted by Gasteiger charge is -2.34. The molecule has 32 heteroatoms. The summed E-state index contributed by atoms with van der Waals surface area (Å²) in [6.07, 6.45) is 3.23. The highest BCUT2D eigenvalue weighted by Gasteiger charge is 2.34. The van der Waals surface area contributed by atoms with Gasteiger partial charge in [0, 0.05) is 98.3 Å². The minimum absolute atomic E-state index is 0.00203. The quantitative estimate of drug-likeness (QED) is 0.0308. The van der Waals surface area contributed by atoms with Gasteiger partial charge in [-0.1, -0.05) is 0 Å². The van der Waals surface area contributed by atoms with E-state index in [1.807, 2.05) is 0 Å². The molecule has 5 N–H and O–H groups in total. The second-order valence-corrected chi connectivity index (χ2v) is 19.2. The van der Waals surface area contributed by atoms with Gasteiger partial charge in [-0.15, -0.1) is 0 Å². The van der Waals surface area contributed by atoms with Gasteiger partial charge in [0.25, 0.3) is 11.8 Å². The van der Waals surface area contributed by atoms with E-state index in [9.17, 15) is 33.6 Å². The van der Waals surface area contributed by atoms with E-state index in [1.54, 1.807) is 0 Å². The van der Waals surface area contributed by atoms with Crippen LogP contribution >= 0.6 is 0 Å². The standard InChI is InChI=1S/C58H106N6O26/c1-72-16-7-52(66)60-12-21-77-26-31-82-36-39-85-42-45-88-48-58(49-89-46-43-86-40-37-83-32-27-78-22-13-61-53(67)8-17-73-2,50-90-47-44-87-41-38-84-33-28-79-23-14-62-54(68)9-18-74-3)63-55(69)10-19-75-24-29-80-34-35-81-30-25-76-20-11-59-51(65)6-15-64-56(70)4-5-57(64)71/h4-5H,6-50H2,1-3H3,(H,59,65)(H,60,66)(H,61,67)(H,62,68)(H,63,69). The van der Waals surface area contributed by atoms with Crippen LogP contribution in [-0.2, 0) is 124 Å². The van der Waals surface area contributed by atoms with Crippen LogP contribution in [0.1, 0.15) is 32.1 Å². The number of carbonyl (C=O) groups is 7. The number of nitrogens with zero attached hydrogens (tertiary/aromatic N) is 1. The third kappa shape index (κ3) is 54.1. The largest absolute Gasteiger partial charge is 0.384 e. The predicted octanol–water partition coefficient (Wildman–Crippen LogP) is -2.61. The van der Waals surface area contributed by atoms with Crippen molar-refractivity contribution in [1.29, 1.82) is 0 Å². The van der Waals surface area contributed by atoms with Crippen LogP contribution in [0.2, 0.25) is 0 Å². The van der Waals surface area contributed by atoms with Gasteiger partial charge >= 0.3 is 0 Å². The molecule has 7 amide bonds. The first-order valence-corrected chi connectivity index (χ1v) is 30.7. The molecule has 32 nitrogen and oxygen atoms in total. The van der Waals surface area contributed by atoms with Gasteiger partial charge in [-0.25, -0.2) is 0 Å². The van der Waals surface area contributed by atoms with Crippen LogP contribution in [0.4, 0.5) is 0 Å². The van der Waals surface area contributed by atoms with E-state index in [4.69, 9.17) is 90.0 Å². The molecular weight excluding hydrogens is 1200 g/mol. The van der Waals surface area contributed by atoms with Crippen molar-refractivity contribution in [3.8, 4) is 0 Å². The van der Waals surface area contributed by atoms with E-state index >= 15 is 0 Å². The van der Waals surface area contributed by atoms with Crippen LogP contribution in [0.25, 0.3) is 0 Å². The summed E-state index contributed by atoms with van der Waals surface area (Å²) in [5.74, 6) is -1.81. The zero-order valence-electron chi connectivity index (χ0n) is 53.5. The number of rotatable bonds is 70. The summed E-state index contributed by atoms with van der Waals surface area (Å²) in [7, 11) is 4.62. The average Bonchev–Trinajstić information content (AvgIpc) is 2.54. The topological polar surface area (TPSA) is 358 Å². The van der Waals surface area contributed by atoms with E-state index in [2.05, 4.69) is 26.6 Å². The molecule has 0 saturated carbocycles. The summed E-state index contributed by atoms with van der Waals surface area (Å²) >= 11 is 0. The maximum absolute atomic E-state index is 13.6. The molecule has 524 valence electrons. The molecule has 1 aliphatic heterocycles. The molecule has 90 heavy (non-hydrogen) atoms. The summed E-state index contributed by atoms with van der Waals surface area (Å²) in [6, 6.07) is 0. The van der Waals surface area contributed by atoms with Crippen molar-refractivity contribution in [3.05, 3.63) is 12.2 Å². The minimum atomic E-state index is -1.17. The van der Waals surface area contributed by atoms with Crippen LogP contribution in [0, 0.1) is 0 Å². The molecule has 1 rings (SSSR count). The van der Waals surface area contributed by atoms with Crippen molar-refractivity contribution < 1.29 is 124 Å². The number of hydrogen-bond acceptors (Lipinski definition) is 26. The van der Waals surface area contributed by atoms with Gasteiger partial charge in [-0.05, 0) is 0 Å². The molecule has 0 aromatic rings. The average molecular weight is 1300 g/mol. The Labute approximate surface area is 530 Å². The molecular formula is C58H106N6O26. The van der Waals surface area contributed by atoms with Crippen molar-refractivity contribution in [2.75, 3.05) is 285 Å². The lowest BCUT2D eigenvalue weighted by atomic mass is 10.0. The van der Waals surface area contributed by atoms with E-state index < -0.39 is 17.4 Å². The third-order valence-electron chi connectivity index (χ3n) is 11.8. The Kier molecular flexibility index (Phi) is 58.7. The summed E-state index contributed by atoms with van der Waals surface area (Å²) in [5.41, 5.74) is -1.17. The Bertz CT molecular complexity index is 1680. The lowest BCUT2D eigenvalue weighted by Crippen LogP contribution is -2.59. The van der Waals surface area contributed by atoms with Crippen LogP contribution in [-0.4, -0.2) is 337 Å². The molecule has 1 aliphatic rings. The fourth-order valence-electron chi connectivity index (χ4n) is 7.15. The molecule has 0 bridgehead atoms. The van der Waals surface area contributed by atoms with Crippen molar-refractivity contribution in [1.82, 2.24) is 31.5 Å². The first-order chi connectivity index (χ1) is 44.1. The van der Waals surface area contributed by atoms with Crippen molar-refractivity contribution in [3.63, 3.8) is 0 Å². The zero-order chi connectivity index (χ0) is 65.3. The van der Waals surface area contributed by atoms with E-state index in [-0.39, 0.29) is 141 Å². The molecule has 0 saturated heterocycles. The smallest absolute Gasteiger partial charge is 0.253 e. The fourth-order valence-corrected chi connectivity index (χ4v) is 7.15. The second-order valence-electron chi connectivity index (χ2n) is 19.2. The first-order valence-electron chi connectivity index (χ1n) is 30.7. The molecule has 0 aromatic carbocycles. The summed E-state index contributed by atoms with van der Waals surface area (Å²) in [5, 5.41) is 14.0. The van der Waals surface area contributed by atoms with E-state index in [0.717, 1.165) is 4.90 Å². The molecule has 0 aliphatic carbocycles. The van der Waals surface area contributed by atoms with E-state index in [1.165, 1.54) is 33.5 Å². The summed E-state index contributed by atoms with van der Waals surface area (Å²) in [6.45, 7) is 10.8. The van der Waals surface area contributed by atoms with Crippen molar-refractivity contribution >= 4 is 41.4 Å². The number of nitrogens with one attached hydrogen (secondary N) is 5. The summed E-state index contributed by atoms with van der Waals surface area (Å²) in [4.78, 5) is 84.9. The predicted molar refractivity (Wildman–Crippen MR) is 321 cm³/mol. The number of carbonyl (C=O) groups excluding carboxylic acids is 7. The maximum Gasteiger partial charge on any atom is 0.253 e. The highest BCUT2D eigenvalue weighted by Crippen LogP contribution is 2.11. The van der Waals surface area contributed by atoms with Crippen molar-refractivity contribution in [2.45, 2.75) is 37.6 Å². The van der Waals surface area contributed by atoms with Gasteiger partial charge in [0.05, 0.1) is 231 Å². The molecule has 0 aromatic heterocycles. The SMILES string of the molecule is COCCC(=O)NCCOCCOCCOCCOCC(COCCOCCOCCOCCNC(=O)CCOC)(COCCOCCOCCOCCNC(=O)CCOC)NC(=O)CCOCCOCCOCCOCCNC(=O)CCN1C(=O)C=CC1=O. The second kappa shape index (κ2) is 63.2. The molecule has 0 unspecified atom stereocenters. The van der Waals surface area contributed by atoms with Crippen molar-refractivity contribution in [2.24, 2.45) is 0 Å². The maximum atomic E-state index is 13.6. The number of methoxy groups -OCH3 is 3. The Balaban J connectivity index is 2.65. The van der Waals surface area contributed by atoms with Crippen LogP contribution in [0.3, 0.4) is 0 Å². The van der Waals surface area contributed by atoms with Gasteiger partial charge in [0.1, 0.15) is 5.54 Å². The molecule has 0 spiro atoms. The number of amides is 7. The lowest BCUT2D eigenvalue weighted by molar-refractivity contribution is -0.137. The van der Waals surface area contributed by atoms with E-state index in [0.29, 0.717) is 184 Å². The van der Waals surface area contributed by atoms with Crippen LogP contribution in [0.15, 0.2) is 12.2 Å². The molecule has 0 atom stereocenters. The van der Waals surface area contributed by atoms with Gasteiger partial charge in [0.15, 0.2) is 0 Å². The van der Waals surface area contributed by atoms with Gasteiger partial charge in [-0.3, -0.25) is 38.5 Å². The van der Waals surface area contributed by atoms with Gasteiger partial charge in [-0.2, -0.15) is 0 Å². The van der Waals surface area contributed by atoms with Crippen LogP contribution < -0.4 is 26.6 Å². The van der Waals surface area contributed by atoms with Gasteiger partial charge < -0.3 is 117 Å². The fraction of sp³-hybridized carbons (Fsp3) is 0.845. The zero-order valence-corrected chi connectivity index (χ0v) is 53.5.